The maximum absolute atomic E-state index is 12.1. The third-order valence-corrected chi connectivity index (χ3v) is 2.32. The van der Waals surface area contributed by atoms with E-state index in [1.807, 2.05) is 14.1 Å². The number of benzene rings is 1. The molecule has 0 radical (unpaired) electrons. The summed E-state index contributed by atoms with van der Waals surface area (Å²) in [5.41, 5.74) is 3.66. The van der Waals surface area contributed by atoms with E-state index in [-0.39, 0.29) is 5.75 Å². The van der Waals surface area contributed by atoms with Gasteiger partial charge >= 0.3 is 6.61 Å². The fourth-order valence-corrected chi connectivity index (χ4v) is 1.55. The highest BCUT2D eigenvalue weighted by molar-refractivity contribution is 9.10. The molecule has 1 aromatic carbocycles. The van der Waals surface area contributed by atoms with Gasteiger partial charge < -0.3 is 4.74 Å². The monoisotopic (exact) mass is 294 g/mol. The summed E-state index contributed by atoms with van der Waals surface area (Å²) in [5, 5.41) is 1.74. The largest absolute Gasteiger partial charge is 0.434 e. The van der Waals surface area contributed by atoms with Crippen LogP contribution in [0.4, 0.5) is 8.78 Å². The predicted molar refractivity (Wildman–Crippen MR) is 61.3 cm³/mol. The van der Waals surface area contributed by atoms with Crippen molar-refractivity contribution in [2.75, 3.05) is 14.1 Å². The molecule has 0 unspecified atom stereocenters. The molecule has 3 nitrogen and oxygen atoms in total. The zero-order valence-corrected chi connectivity index (χ0v) is 10.6. The molecule has 0 spiro atoms. The van der Waals surface area contributed by atoms with Crippen molar-refractivity contribution in [2.45, 2.75) is 13.2 Å². The number of alkyl halides is 2. The minimum Gasteiger partial charge on any atom is -0.434 e. The van der Waals surface area contributed by atoms with Gasteiger partial charge in [0.05, 0.1) is 0 Å². The van der Waals surface area contributed by atoms with Crippen molar-refractivity contribution in [1.82, 2.24) is 10.4 Å². The van der Waals surface area contributed by atoms with Crippen molar-refractivity contribution < 1.29 is 13.5 Å². The molecule has 0 aliphatic heterocycles. The maximum atomic E-state index is 12.1. The molecule has 16 heavy (non-hydrogen) atoms. The van der Waals surface area contributed by atoms with Gasteiger partial charge in [-0.2, -0.15) is 8.78 Å². The number of rotatable bonds is 5. The lowest BCUT2D eigenvalue weighted by molar-refractivity contribution is -0.0506. The molecule has 0 aliphatic carbocycles. The van der Waals surface area contributed by atoms with Crippen molar-refractivity contribution in [3.63, 3.8) is 0 Å². The fourth-order valence-electron chi connectivity index (χ4n) is 1.14. The number of nitrogens with one attached hydrogen (secondary N) is 1. The van der Waals surface area contributed by atoms with Crippen LogP contribution in [0.3, 0.4) is 0 Å². The Morgan fingerprint density at radius 2 is 2.12 bits per heavy atom. The summed E-state index contributed by atoms with van der Waals surface area (Å²) in [5.74, 6) is 0.188. The second kappa shape index (κ2) is 6.12. The Bertz CT molecular complexity index is 348. The van der Waals surface area contributed by atoms with Gasteiger partial charge in [0.25, 0.3) is 0 Å². The van der Waals surface area contributed by atoms with Gasteiger partial charge in [-0.15, -0.1) is 0 Å². The zero-order valence-electron chi connectivity index (χ0n) is 9.01. The molecule has 1 aromatic rings. The van der Waals surface area contributed by atoms with E-state index in [2.05, 4.69) is 26.1 Å². The van der Waals surface area contributed by atoms with Gasteiger partial charge in [-0.1, -0.05) is 15.9 Å². The average Bonchev–Trinajstić information content (AvgIpc) is 2.17. The molecule has 0 atom stereocenters. The van der Waals surface area contributed by atoms with Gasteiger partial charge in [-0.3, -0.25) is 10.4 Å². The Labute approximate surface area is 101 Å². The first kappa shape index (κ1) is 13.3. The molecule has 0 amide bonds. The molecule has 0 aromatic heterocycles. The fraction of sp³-hybridized carbons (Fsp3) is 0.400. The van der Waals surface area contributed by atoms with Crippen LogP contribution in [0.1, 0.15) is 5.56 Å². The van der Waals surface area contributed by atoms with Crippen LogP contribution in [0.5, 0.6) is 5.75 Å². The number of ether oxygens (including phenoxy) is 1. The third kappa shape index (κ3) is 4.42. The van der Waals surface area contributed by atoms with Crippen LogP contribution < -0.4 is 10.2 Å². The summed E-state index contributed by atoms with van der Waals surface area (Å²) in [6, 6.07) is 4.92. The molecule has 1 N–H and O–H groups in total. The van der Waals surface area contributed by atoms with Gasteiger partial charge in [0.1, 0.15) is 5.75 Å². The maximum Gasteiger partial charge on any atom is 0.387 e. The van der Waals surface area contributed by atoms with E-state index in [0.29, 0.717) is 12.1 Å². The summed E-state index contributed by atoms with van der Waals surface area (Å²) in [6.07, 6.45) is 0. The van der Waals surface area contributed by atoms with Crippen LogP contribution >= 0.6 is 15.9 Å². The van der Waals surface area contributed by atoms with Crippen molar-refractivity contribution >= 4 is 15.9 Å². The molecular formula is C10H13BrF2N2O. The second-order valence-corrected chi connectivity index (χ2v) is 4.28. The normalized spacial score (nSPS) is 11.2. The molecule has 0 heterocycles. The van der Waals surface area contributed by atoms with Crippen molar-refractivity contribution in [1.29, 1.82) is 0 Å². The Balaban J connectivity index is 2.81. The quantitative estimate of drug-likeness (QED) is 0.845. The smallest absolute Gasteiger partial charge is 0.387 e. The molecule has 6 heteroatoms. The van der Waals surface area contributed by atoms with Gasteiger partial charge in [0.2, 0.25) is 0 Å². The zero-order chi connectivity index (χ0) is 12.1. The van der Waals surface area contributed by atoms with Gasteiger partial charge in [-0.25, -0.2) is 0 Å². The van der Waals surface area contributed by atoms with Crippen LogP contribution in [-0.4, -0.2) is 25.7 Å². The van der Waals surface area contributed by atoms with Gasteiger partial charge in [-0.05, 0) is 18.2 Å². The molecule has 0 saturated carbocycles. The lowest BCUT2D eigenvalue weighted by Crippen LogP contribution is -2.29. The highest BCUT2D eigenvalue weighted by Gasteiger charge is 2.10. The molecular weight excluding hydrogens is 282 g/mol. The number of hydrazine groups is 1. The summed E-state index contributed by atoms with van der Waals surface area (Å²) in [7, 11) is 3.65. The number of hydrogen-bond donors (Lipinski definition) is 1. The summed E-state index contributed by atoms with van der Waals surface area (Å²) in [4.78, 5) is 0. The minimum absolute atomic E-state index is 0.188. The first-order valence-electron chi connectivity index (χ1n) is 4.63. The minimum atomic E-state index is -2.81. The van der Waals surface area contributed by atoms with E-state index in [9.17, 15) is 8.78 Å². The highest BCUT2D eigenvalue weighted by atomic mass is 79.9. The number of halogens is 3. The Morgan fingerprint density at radius 3 is 2.69 bits per heavy atom. The van der Waals surface area contributed by atoms with Gasteiger partial charge in [0.15, 0.2) is 0 Å². The molecule has 0 saturated heterocycles. The predicted octanol–water partition coefficient (Wildman–Crippen LogP) is 2.62. The standard InChI is InChI=1S/C10H13BrF2N2O/c1-15(2)14-6-7-5-8(11)3-4-9(7)16-10(12)13/h3-5,10,14H,6H2,1-2H3. The van der Waals surface area contributed by atoms with Gasteiger partial charge in [0, 0.05) is 30.7 Å². The SMILES string of the molecule is CN(C)NCc1cc(Br)ccc1OC(F)F. The number of nitrogens with zero attached hydrogens (tertiary/aromatic N) is 1. The lowest BCUT2D eigenvalue weighted by Gasteiger charge is -2.15. The highest BCUT2D eigenvalue weighted by Crippen LogP contribution is 2.24. The summed E-state index contributed by atoms with van der Waals surface area (Å²) >= 11 is 3.29. The van der Waals surface area contributed by atoms with Crippen LogP contribution in [0.25, 0.3) is 0 Å². The van der Waals surface area contributed by atoms with E-state index in [4.69, 9.17) is 0 Å². The van der Waals surface area contributed by atoms with Crippen molar-refractivity contribution in [2.24, 2.45) is 0 Å². The topological polar surface area (TPSA) is 24.5 Å². The molecule has 0 bridgehead atoms. The van der Waals surface area contributed by atoms with Crippen LogP contribution in [0.15, 0.2) is 22.7 Å². The van der Waals surface area contributed by atoms with Crippen molar-refractivity contribution in [3.8, 4) is 5.75 Å². The van der Waals surface area contributed by atoms with E-state index >= 15 is 0 Å². The molecule has 90 valence electrons. The Hall–Kier alpha value is -0.720. The van der Waals surface area contributed by atoms with E-state index in [1.165, 1.54) is 6.07 Å². The van der Waals surface area contributed by atoms with Crippen LogP contribution in [-0.2, 0) is 6.54 Å². The summed E-state index contributed by atoms with van der Waals surface area (Å²) in [6.45, 7) is -2.38. The van der Waals surface area contributed by atoms with E-state index in [0.717, 1.165) is 4.47 Å². The second-order valence-electron chi connectivity index (χ2n) is 3.36. The Morgan fingerprint density at radius 1 is 1.44 bits per heavy atom. The first-order valence-corrected chi connectivity index (χ1v) is 5.42. The van der Waals surface area contributed by atoms with Crippen molar-refractivity contribution in [3.05, 3.63) is 28.2 Å². The Kier molecular flexibility index (Phi) is 5.11. The molecule has 0 aliphatic rings. The molecule has 1 rings (SSSR count). The van der Waals surface area contributed by atoms with Crippen LogP contribution in [0, 0.1) is 0 Å². The van der Waals surface area contributed by atoms with Crippen LogP contribution in [0.2, 0.25) is 0 Å². The first-order chi connectivity index (χ1) is 7.49. The van der Waals surface area contributed by atoms with E-state index in [1.54, 1.807) is 17.1 Å². The number of hydrogen-bond acceptors (Lipinski definition) is 3. The lowest BCUT2D eigenvalue weighted by atomic mass is 10.2. The third-order valence-electron chi connectivity index (χ3n) is 1.82. The summed E-state index contributed by atoms with van der Waals surface area (Å²) < 4.78 is 29.5. The molecule has 0 fully saturated rings. The van der Waals surface area contributed by atoms with E-state index < -0.39 is 6.61 Å². The average molecular weight is 295 g/mol.